The largest absolute Gasteiger partial charge is 0.418 e. The molecule has 4 N–H and O–H groups in total. The summed E-state index contributed by atoms with van der Waals surface area (Å²) in [5.41, 5.74) is 7.39. The van der Waals surface area contributed by atoms with Gasteiger partial charge in [0.05, 0.1) is 12.6 Å². The van der Waals surface area contributed by atoms with Crippen molar-refractivity contribution in [3.05, 3.63) is 0 Å². The van der Waals surface area contributed by atoms with Crippen molar-refractivity contribution in [2.45, 2.75) is 24.9 Å². The number of piperidine rings is 1. The summed E-state index contributed by atoms with van der Waals surface area (Å²) >= 11 is 0. The average molecular weight is 324 g/mol. The van der Waals surface area contributed by atoms with Crippen LogP contribution in [0.2, 0.25) is 0 Å². The highest BCUT2D eigenvalue weighted by atomic mass is 32.3. The summed E-state index contributed by atoms with van der Waals surface area (Å²) < 4.78 is 34.3. The van der Waals surface area contributed by atoms with E-state index in [2.05, 4.69) is 9.76 Å². The molecule has 21 heavy (non-hydrogen) atoms. The molecule has 0 saturated carbocycles. The summed E-state index contributed by atoms with van der Waals surface area (Å²) in [5, 5.41) is 0.573. The Labute approximate surface area is 120 Å². The molecule has 2 aliphatic heterocycles. The summed E-state index contributed by atoms with van der Waals surface area (Å²) in [7, 11) is -4.80. The Balaban J connectivity index is 2.01. The summed E-state index contributed by atoms with van der Waals surface area (Å²) in [6, 6.07) is -2.12. The molecule has 11 nitrogen and oxygen atoms in total. The highest BCUT2D eigenvalue weighted by Gasteiger charge is 2.49. The van der Waals surface area contributed by atoms with Gasteiger partial charge in [0, 0.05) is 13.1 Å². The fourth-order valence-electron chi connectivity index (χ4n) is 2.35. The first kappa shape index (κ1) is 15.9. The average Bonchev–Trinajstić information content (AvgIpc) is 2.63. The number of urea groups is 1. The fourth-order valence-corrected chi connectivity index (χ4v) is 2.74. The minimum Gasteiger partial charge on any atom is -0.328 e. The zero-order valence-electron chi connectivity index (χ0n) is 11.0. The van der Waals surface area contributed by atoms with Crippen molar-refractivity contribution in [1.82, 2.24) is 15.4 Å². The molecule has 2 atom stereocenters. The van der Waals surface area contributed by atoms with E-state index in [9.17, 15) is 18.0 Å². The van der Waals surface area contributed by atoms with E-state index in [1.165, 1.54) is 4.90 Å². The number of nitrogens with zero attached hydrogens (tertiary/aromatic N) is 2. The lowest BCUT2D eigenvalue weighted by Crippen LogP contribution is -2.49. The van der Waals surface area contributed by atoms with Crippen molar-refractivity contribution in [3.8, 4) is 0 Å². The molecule has 0 aromatic heterocycles. The third-order valence-electron chi connectivity index (χ3n) is 3.19. The number of hydrogen-bond acceptors (Lipinski definition) is 7. The predicted octanol–water partition coefficient (Wildman–Crippen LogP) is -2.00. The van der Waals surface area contributed by atoms with Gasteiger partial charge in [0.1, 0.15) is 6.04 Å². The van der Waals surface area contributed by atoms with Gasteiger partial charge in [-0.05, 0) is 12.8 Å². The summed E-state index contributed by atoms with van der Waals surface area (Å²) in [6.07, 6.45) is 0.673. The number of amides is 3. The highest BCUT2D eigenvalue weighted by molar-refractivity contribution is 7.80. The summed E-state index contributed by atoms with van der Waals surface area (Å²) in [6.45, 7) is 0.488. The Hall–Kier alpha value is -1.47. The van der Waals surface area contributed by atoms with E-state index in [4.69, 9.17) is 15.1 Å². The molecule has 3 amide bonds. The lowest BCUT2D eigenvalue weighted by atomic mass is 10.0. The Morgan fingerprint density at radius 1 is 1.48 bits per heavy atom. The first-order chi connectivity index (χ1) is 9.83. The van der Waals surface area contributed by atoms with Gasteiger partial charge >= 0.3 is 16.4 Å². The molecule has 0 spiro atoms. The number of carbonyl (C=O) groups is 2. The normalized spacial score (nSPS) is 25.3. The van der Waals surface area contributed by atoms with Gasteiger partial charge in [0.25, 0.3) is 5.91 Å². The minimum atomic E-state index is -4.80. The molecule has 120 valence electrons. The van der Waals surface area contributed by atoms with Crippen LogP contribution in [0.1, 0.15) is 12.8 Å². The van der Waals surface area contributed by atoms with Gasteiger partial charge in [0.15, 0.2) is 0 Å². The highest BCUT2D eigenvalue weighted by Crippen LogP contribution is 2.30. The summed E-state index contributed by atoms with van der Waals surface area (Å²) in [5.74, 6) is -0.524. The summed E-state index contributed by atoms with van der Waals surface area (Å²) in [4.78, 5) is 29.9. The van der Waals surface area contributed by atoms with Crippen LogP contribution in [0.3, 0.4) is 0 Å². The van der Waals surface area contributed by atoms with E-state index in [1.807, 2.05) is 0 Å². The molecular weight excluding hydrogens is 308 g/mol. The van der Waals surface area contributed by atoms with Crippen LogP contribution in [0.25, 0.3) is 0 Å². The maximum Gasteiger partial charge on any atom is 0.418 e. The molecule has 2 rings (SSSR count). The van der Waals surface area contributed by atoms with E-state index in [0.29, 0.717) is 17.9 Å². The zero-order chi connectivity index (χ0) is 15.6. The van der Waals surface area contributed by atoms with Crippen molar-refractivity contribution in [2.24, 2.45) is 5.73 Å². The van der Waals surface area contributed by atoms with Crippen LogP contribution in [0, 0.1) is 0 Å². The number of rotatable bonds is 6. The van der Waals surface area contributed by atoms with E-state index in [-0.39, 0.29) is 19.7 Å². The van der Waals surface area contributed by atoms with Crippen molar-refractivity contribution in [3.63, 3.8) is 0 Å². The zero-order valence-corrected chi connectivity index (χ0v) is 11.8. The fraction of sp³-hybridized carbons (Fsp3) is 0.778. The van der Waals surface area contributed by atoms with Gasteiger partial charge in [0.2, 0.25) is 0 Å². The SMILES string of the molecule is NCCONC(=O)[C@@H]1CC[C@H]2CN1C(=O)N2OS(=O)(=O)O. The molecule has 12 heteroatoms. The lowest BCUT2D eigenvalue weighted by molar-refractivity contribution is -0.138. The third-order valence-corrected chi connectivity index (χ3v) is 3.54. The Morgan fingerprint density at radius 2 is 2.19 bits per heavy atom. The van der Waals surface area contributed by atoms with Gasteiger partial charge in [-0.1, -0.05) is 0 Å². The van der Waals surface area contributed by atoms with Crippen molar-refractivity contribution in [1.29, 1.82) is 0 Å². The number of carbonyl (C=O) groups excluding carboxylic acids is 2. The smallest absolute Gasteiger partial charge is 0.328 e. The second kappa shape index (κ2) is 6.11. The molecule has 2 heterocycles. The molecule has 0 radical (unpaired) electrons. The van der Waals surface area contributed by atoms with Crippen LogP contribution in [-0.4, -0.2) is 66.7 Å². The Kier molecular flexibility index (Phi) is 4.63. The second-order valence-corrected chi connectivity index (χ2v) is 5.62. The van der Waals surface area contributed by atoms with E-state index >= 15 is 0 Å². The molecule has 0 aromatic carbocycles. The standard InChI is InChI=1S/C9H16N4O7S/c10-3-4-19-11-8(14)7-2-1-6-5-12(7)9(15)13(6)20-21(16,17)18/h6-7H,1-5,10H2,(H,11,14)(H,16,17,18)/t6-,7-/m0/s1. The van der Waals surface area contributed by atoms with Crippen LogP contribution in [0.15, 0.2) is 0 Å². The Bertz CT molecular complexity index is 524. The van der Waals surface area contributed by atoms with E-state index in [0.717, 1.165) is 0 Å². The van der Waals surface area contributed by atoms with Gasteiger partial charge in [-0.3, -0.25) is 14.2 Å². The topological polar surface area (TPSA) is 151 Å². The number of fused-ring (bicyclic) bond motifs is 2. The van der Waals surface area contributed by atoms with Crippen molar-refractivity contribution < 1.29 is 31.7 Å². The van der Waals surface area contributed by atoms with E-state index < -0.39 is 34.4 Å². The Morgan fingerprint density at radius 3 is 2.81 bits per heavy atom. The van der Waals surface area contributed by atoms with Crippen molar-refractivity contribution in [2.75, 3.05) is 19.7 Å². The number of hydroxylamine groups is 3. The number of nitrogens with two attached hydrogens (primary N) is 1. The lowest BCUT2D eigenvalue weighted by Gasteiger charge is -2.28. The molecule has 0 aliphatic carbocycles. The van der Waals surface area contributed by atoms with Gasteiger partial charge < -0.3 is 10.6 Å². The molecule has 2 saturated heterocycles. The third kappa shape index (κ3) is 3.59. The second-order valence-electron chi connectivity index (χ2n) is 4.61. The molecule has 0 unspecified atom stereocenters. The number of hydrogen-bond donors (Lipinski definition) is 3. The predicted molar refractivity (Wildman–Crippen MR) is 66.5 cm³/mol. The molecule has 0 aromatic rings. The van der Waals surface area contributed by atoms with Crippen LogP contribution < -0.4 is 11.2 Å². The van der Waals surface area contributed by atoms with Gasteiger partial charge in [-0.15, -0.1) is 4.28 Å². The van der Waals surface area contributed by atoms with Crippen LogP contribution in [0.5, 0.6) is 0 Å². The first-order valence-electron chi connectivity index (χ1n) is 6.22. The molecule has 2 aliphatic rings. The molecule has 2 fully saturated rings. The van der Waals surface area contributed by atoms with Crippen LogP contribution >= 0.6 is 0 Å². The first-order valence-corrected chi connectivity index (χ1v) is 7.58. The van der Waals surface area contributed by atoms with Gasteiger partial charge in [-0.2, -0.15) is 13.5 Å². The van der Waals surface area contributed by atoms with Crippen LogP contribution in [-0.2, 0) is 24.3 Å². The van der Waals surface area contributed by atoms with Crippen LogP contribution in [0.4, 0.5) is 4.79 Å². The molecule has 2 bridgehead atoms. The van der Waals surface area contributed by atoms with Crippen molar-refractivity contribution >= 4 is 22.3 Å². The maximum absolute atomic E-state index is 12.0. The number of nitrogens with one attached hydrogen (secondary N) is 1. The monoisotopic (exact) mass is 324 g/mol. The van der Waals surface area contributed by atoms with Gasteiger partial charge in [-0.25, -0.2) is 10.3 Å². The van der Waals surface area contributed by atoms with E-state index in [1.54, 1.807) is 0 Å². The molecular formula is C9H16N4O7S. The minimum absolute atomic E-state index is 0.128. The quantitative estimate of drug-likeness (QED) is 0.288. The maximum atomic E-state index is 12.0.